The first-order valence-electron chi connectivity index (χ1n) is 6.88. The first kappa shape index (κ1) is 14.0. The van der Waals surface area contributed by atoms with Crippen molar-refractivity contribution >= 4 is 23.4 Å². The van der Waals surface area contributed by atoms with Gasteiger partial charge in [0.15, 0.2) is 0 Å². The molecule has 0 atom stereocenters. The van der Waals surface area contributed by atoms with Gasteiger partial charge in [-0.3, -0.25) is 19.3 Å². The number of fused-ring (bicyclic) bond motifs is 1. The Kier molecular flexibility index (Phi) is 3.47. The van der Waals surface area contributed by atoms with Crippen LogP contribution in [0.1, 0.15) is 26.3 Å². The molecule has 22 heavy (non-hydrogen) atoms. The summed E-state index contributed by atoms with van der Waals surface area (Å²) in [6, 6.07) is 14.0. The zero-order chi connectivity index (χ0) is 15.7. The maximum atomic E-state index is 12.3. The maximum Gasteiger partial charge on any atom is 0.262 e. The molecular weight excluding hydrogens is 280 g/mol. The molecule has 5 heteroatoms. The van der Waals surface area contributed by atoms with Gasteiger partial charge in [-0.2, -0.15) is 0 Å². The Balaban J connectivity index is 1.75. The van der Waals surface area contributed by atoms with Crippen molar-refractivity contribution < 1.29 is 14.4 Å². The number of hydrogen-bond acceptors (Lipinski definition) is 3. The van der Waals surface area contributed by atoms with E-state index in [0.717, 1.165) is 10.5 Å². The zero-order valence-corrected chi connectivity index (χ0v) is 12.0. The number of nitrogens with zero attached hydrogens (tertiary/aromatic N) is 1. The van der Waals surface area contributed by atoms with Crippen LogP contribution < -0.4 is 5.32 Å². The molecule has 0 aliphatic carbocycles. The monoisotopic (exact) mass is 294 g/mol. The van der Waals surface area contributed by atoms with Gasteiger partial charge in [-0.25, -0.2) is 0 Å². The van der Waals surface area contributed by atoms with E-state index in [1.165, 1.54) is 0 Å². The molecule has 1 aliphatic rings. The summed E-state index contributed by atoms with van der Waals surface area (Å²) < 4.78 is 0. The van der Waals surface area contributed by atoms with E-state index in [9.17, 15) is 14.4 Å². The number of anilines is 1. The fourth-order valence-corrected chi connectivity index (χ4v) is 2.41. The van der Waals surface area contributed by atoms with Crippen LogP contribution in [-0.4, -0.2) is 29.2 Å². The van der Waals surface area contributed by atoms with Gasteiger partial charge in [0.25, 0.3) is 11.8 Å². The van der Waals surface area contributed by atoms with Crippen molar-refractivity contribution in [1.29, 1.82) is 0 Å². The van der Waals surface area contributed by atoms with Gasteiger partial charge in [-0.05, 0) is 31.2 Å². The van der Waals surface area contributed by atoms with Crippen LogP contribution in [0.3, 0.4) is 0 Å². The van der Waals surface area contributed by atoms with Crippen molar-refractivity contribution in [2.45, 2.75) is 6.92 Å². The molecule has 3 rings (SSSR count). The van der Waals surface area contributed by atoms with Crippen molar-refractivity contribution in [3.05, 3.63) is 65.2 Å². The number of aryl methyl sites for hydroxylation is 1. The van der Waals surface area contributed by atoms with E-state index in [1.807, 2.05) is 13.0 Å². The largest absolute Gasteiger partial charge is 0.325 e. The van der Waals surface area contributed by atoms with Crippen molar-refractivity contribution in [2.24, 2.45) is 0 Å². The fourth-order valence-electron chi connectivity index (χ4n) is 2.41. The molecule has 0 spiro atoms. The summed E-state index contributed by atoms with van der Waals surface area (Å²) >= 11 is 0. The standard InChI is InChI=1S/C17H14N2O3/c1-11-7-8-13-14(9-11)17(22)19(16(13)21)10-15(20)18-12-5-3-2-4-6-12/h2-9H,10H2,1H3,(H,18,20). The SMILES string of the molecule is Cc1ccc2c(c1)C(=O)N(CC(=O)Nc1ccccc1)C2=O. The number of nitrogens with one attached hydrogen (secondary N) is 1. The summed E-state index contributed by atoms with van der Waals surface area (Å²) in [6.07, 6.45) is 0. The quantitative estimate of drug-likeness (QED) is 0.883. The lowest BCUT2D eigenvalue weighted by Gasteiger charge is -2.13. The molecule has 5 nitrogen and oxygen atoms in total. The van der Waals surface area contributed by atoms with Crippen molar-refractivity contribution in [1.82, 2.24) is 4.90 Å². The van der Waals surface area contributed by atoms with E-state index in [2.05, 4.69) is 5.32 Å². The van der Waals surface area contributed by atoms with Crippen LogP contribution in [0.25, 0.3) is 0 Å². The lowest BCUT2D eigenvalue weighted by molar-refractivity contribution is -0.116. The topological polar surface area (TPSA) is 66.5 Å². The van der Waals surface area contributed by atoms with Gasteiger partial charge >= 0.3 is 0 Å². The minimum atomic E-state index is -0.428. The van der Waals surface area contributed by atoms with Crippen molar-refractivity contribution in [3.8, 4) is 0 Å². The third-order valence-electron chi connectivity index (χ3n) is 3.49. The van der Waals surface area contributed by atoms with Crippen LogP contribution in [-0.2, 0) is 4.79 Å². The lowest BCUT2D eigenvalue weighted by Crippen LogP contribution is -2.37. The number of para-hydroxylation sites is 1. The van der Waals surface area contributed by atoms with Crippen molar-refractivity contribution in [3.63, 3.8) is 0 Å². The van der Waals surface area contributed by atoms with Crippen LogP contribution >= 0.6 is 0 Å². The summed E-state index contributed by atoms with van der Waals surface area (Å²) in [5, 5.41) is 2.66. The maximum absolute atomic E-state index is 12.3. The number of amides is 3. The van der Waals surface area contributed by atoms with E-state index >= 15 is 0 Å². The molecule has 2 aromatic carbocycles. The highest BCUT2D eigenvalue weighted by atomic mass is 16.2. The molecule has 1 N–H and O–H groups in total. The van der Waals surface area contributed by atoms with Gasteiger partial charge < -0.3 is 5.32 Å². The van der Waals surface area contributed by atoms with E-state index < -0.39 is 17.7 Å². The Morgan fingerprint density at radius 1 is 1.00 bits per heavy atom. The molecule has 1 heterocycles. The summed E-state index contributed by atoms with van der Waals surface area (Å²) in [7, 11) is 0. The smallest absolute Gasteiger partial charge is 0.262 e. The fraction of sp³-hybridized carbons (Fsp3) is 0.118. The Morgan fingerprint density at radius 2 is 1.68 bits per heavy atom. The molecule has 1 aliphatic heterocycles. The number of benzene rings is 2. The normalized spacial score (nSPS) is 13.2. The van der Waals surface area contributed by atoms with Crippen LogP contribution in [0.4, 0.5) is 5.69 Å². The third kappa shape index (κ3) is 2.48. The van der Waals surface area contributed by atoms with Gasteiger partial charge in [-0.15, -0.1) is 0 Å². The molecule has 3 amide bonds. The van der Waals surface area contributed by atoms with E-state index in [4.69, 9.17) is 0 Å². The molecule has 0 saturated carbocycles. The molecule has 0 fully saturated rings. The van der Waals surface area contributed by atoms with Gasteiger partial charge in [0, 0.05) is 5.69 Å². The molecule has 0 unspecified atom stereocenters. The zero-order valence-electron chi connectivity index (χ0n) is 12.0. The number of imide groups is 1. The molecule has 0 radical (unpaired) electrons. The lowest BCUT2D eigenvalue weighted by atomic mass is 10.1. The van der Waals surface area contributed by atoms with Crippen LogP contribution in [0.15, 0.2) is 48.5 Å². The third-order valence-corrected chi connectivity index (χ3v) is 3.49. The van der Waals surface area contributed by atoms with E-state index in [-0.39, 0.29) is 6.54 Å². The molecule has 2 aromatic rings. The average molecular weight is 294 g/mol. The first-order valence-corrected chi connectivity index (χ1v) is 6.88. The second-order valence-electron chi connectivity index (χ2n) is 5.16. The van der Waals surface area contributed by atoms with Crippen molar-refractivity contribution in [2.75, 3.05) is 11.9 Å². The Morgan fingerprint density at radius 3 is 2.41 bits per heavy atom. The van der Waals surface area contributed by atoms with Gasteiger partial charge in [0.2, 0.25) is 5.91 Å². The highest BCUT2D eigenvalue weighted by molar-refractivity contribution is 6.22. The summed E-state index contributed by atoms with van der Waals surface area (Å²) in [4.78, 5) is 37.5. The summed E-state index contributed by atoms with van der Waals surface area (Å²) in [6.45, 7) is 1.56. The molecular formula is C17H14N2O3. The van der Waals surface area contributed by atoms with Crippen LogP contribution in [0.5, 0.6) is 0 Å². The Bertz CT molecular complexity index is 769. The predicted molar refractivity (Wildman–Crippen MR) is 81.6 cm³/mol. The number of carbonyl (C=O) groups excluding carboxylic acids is 3. The first-order chi connectivity index (χ1) is 10.6. The van der Waals surface area contributed by atoms with Gasteiger partial charge in [0.05, 0.1) is 11.1 Å². The van der Waals surface area contributed by atoms with E-state index in [1.54, 1.807) is 42.5 Å². The van der Waals surface area contributed by atoms with Gasteiger partial charge in [-0.1, -0.05) is 29.8 Å². The minimum Gasteiger partial charge on any atom is -0.325 e. The second kappa shape index (κ2) is 5.44. The predicted octanol–water partition coefficient (Wildman–Crippen LogP) is 2.23. The number of hydrogen-bond donors (Lipinski definition) is 1. The molecule has 0 saturated heterocycles. The second-order valence-corrected chi connectivity index (χ2v) is 5.16. The van der Waals surface area contributed by atoms with Gasteiger partial charge in [0.1, 0.15) is 6.54 Å². The minimum absolute atomic E-state index is 0.291. The van der Waals surface area contributed by atoms with Crippen LogP contribution in [0, 0.1) is 6.92 Å². The summed E-state index contributed by atoms with van der Waals surface area (Å²) in [5.41, 5.74) is 2.23. The Hall–Kier alpha value is -2.95. The Labute approximate surface area is 127 Å². The highest BCUT2D eigenvalue weighted by Crippen LogP contribution is 2.23. The summed E-state index contributed by atoms with van der Waals surface area (Å²) in [5.74, 6) is -1.26. The van der Waals surface area contributed by atoms with E-state index in [0.29, 0.717) is 16.8 Å². The number of carbonyl (C=O) groups is 3. The highest BCUT2D eigenvalue weighted by Gasteiger charge is 2.36. The number of rotatable bonds is 3. The molecule has 0 bridgehead atoms. The average Bonchev–Trinajstić information content (AvgIpc) is 2.73. The molecule has 110 valence electrons. The molecule has 0 aromatic heterocycles. The van der Waals surface area contributed by atoms with Crippen LogP contribution in [0.2, 0.25) is 0 Å².